The zero-order valence-corrected chi connectivity index (χ0v) is 11.5. The summed E-state index contributed by atoms with van der Waals surface area (Å²) < 4.78 is 10.9. The fourth-order valence-corrected chi connectivity index (χ4v) is 1.95. The van der Waals surface area contributed by atoms with Crippen LogP contribution < -0.4 is 11.3 Å². The largest absolute Gasteiger partial charge is 0.382 e. The van der Waals surface area contributed by atoms with E-state index in [-0.39, 0.29) is 0 Å². The highest BCUT2D eigenvalue weighted by molar-refractivity contribution is 5.79. The van der Waals surface area contributed by atoms with Crippen molar-refractivity contribution in [3.63, 3.8) is 0 Å². The maximum Gasteiger partial charge on any atom is 0.208 e. The van der Waals surface area contributed by atoms with Gasteiger partial charge in [0.25, 0.3) is 0 Å². The molecular formula is C12H26N4O2. The van der Waals surface area contributed by atoms with E-state index in [1.807, 2.05) is 18.9 Å². The predicted octanol–water partition coefficient (Wildman–Crippen LogP) is 0.343. The quantitative estimate of drug-likeness (QED) is 0.226. The van der Waals surface area contributed by atoms with Crippen LogP contribution >= 0.6 is 0 Å². The number of nitrogens with zero attached hydrogens (tertiary/aromatic N) is 2. The van der Waals surface area contributed by atoms with Crippen LogP contribution in [0.5, 0.6) is 0 Å². The summed E-state index contributed by atoms with van der Waals surface area (Å²) in [4.78, 5) is 6.44. The van der Waals surface area contributed by atoms with Crippen LogP contribution in [0.3, 0.4) is 0 Å². The number of nitrogens with one attached hydrogen (secondary N) is 1. The Kier molecular flexibility index (Phi) is 7.71. The van der Waals surface area contributed by atoms with Gasteiger partial charge < -0.3 is 14.4 Å². The molecule has 0 radical (unpaired) electrons. The van der Waals surface area contributed by atoms with Gasteiger partial charge in [-0.15, -0.1) is 0 Å². The average Bonchev–Trinajstić information content (AvgIpc) is 2.86. The zero-order chi connectivity index (χ0) is 13.2. The first-order valence-electron chi connectivity index (χ1n) is 6.69. The lowest BCUT2D eigenvalue weighted by atomic mass is 10.2. The maximum atomic E-state index is 5.59. The summed E-state index contributed by atoms with van der Waals surface area (Å²) in [6, 6.07) is 0. The average molecular weight is 258 g/mol. The molecule has 1 saturated heterocycles. The van der Waals surface area contributed by atoms with E-state index in [0.29, 0.717) is 12.1 Å². The molecule has 0 saturated carbocycles. The Morgan fingerprint density at radius 2 is 2.44 bits per heavy atom. The van der Waals surface area contributed by atoms with Crippen LogP contribution in [0.25, 0.3) is 0 Å². The van der Waals surface area contributed by atoms with Gasteiger partial charge in [-0.1, -0.05) is 0 Å². The standard InChI is InChI=1S/C12H26N4O2/c1-3-17-8-5-7-14-12(15-13)16(2)10-11-6-4-9-18-11/h11H,3-10,13H2,1-2H3,(H,14,15). The second-order valence-corrected chi connectivity index (χ2v) is 4.42. The molecule has 1 rings (SSSR count). The minimum atomic E-state index is 0.303. The number of hydrogen-bond donors (Lipinski definition) is 2. The molecule has 0 aromatic carbocycles. The van der Waals surface area contributed by atoms with Crippen molar-refractivity contribution in [2.24, 2.45) is 10.8 Å². The van der Waals surface area contributed by atoms with Crippen LogP contribution in [-0.4, -0.2) is 56.9 Å². The number of rotatable bonds is 7. The summed E-state index contributed by atoms with van der Waals surface area (Å²) in [7, 11) is 1.98. The van der Waals surface area contributed by atoms with Crippen molar-refractivity contribution in [1.29, 1.82) is 0 Å². The molecule has 6 heteroatoms. The Morgan fingerprint density at radius 3 is 3.06 bits per heavy atom. The lowest BCUT2D eigenvalue weighted by Crippen LogP contribution is -2.45. The molecule has 0 aliphatic carbocycles. The van der Waals surface area contributed by atoms with Crippen LogP contribution in [0.2, 0.25) is 0 Å². The fraction of sp³-hybridized carbons (Fsp3) is 0.917. The Morgan fingerprint density at radius 1 is 1.61 bits per heavy atom. The lowest BCUT2D eigenvalue weighted by Gasteiger charge is -2.23. The SMILES string of the molecule is CCOCCCN=C(NN)N(C)CC1CCCO1. The van der Waals surface area contributed by atoms with Gasteiger partial charge in [0.15, 0.2) is 0 Å². The Balaban J connectivity index is 2.26. The molecule has 0 aromatic rings. The van der Waals surface area contributed by atoms with Gasteiger partial charge in [0.2, 0.25) is 5.96 Å². The third-order valence-corrected chi connectivity index (χ3v) is 2.90. The molecule has 0 aromatic heterocycles. The molecule has 0 amide bonds. The van der Waals surface area contributed by atoms with Crippen LogP contribution in [-0.2, 0) is 9.47 Å². The van der Waals surface area contributed by atoms with Crippen LogP contribution in [0, 0.1) is 0 Å². The van der Waals surface area contributed by atoms with E-state index in [2.05, 4.69) is 10.4 Å². The van der Waals surface area contributed by atoms with E-state index in [0.717, 1.165) is 52.2 Å². The number of aliphatic imine (C=N–C) groups is 1. The van der Waals surface area contributed by atoms with Crippen molar-refractivity contribution in [2.45, 2.75) is 32.3 Å². The minimum Gasteiger partial charge on any atom is -0.382 e. The summed E-state index contributed by atoms with van der Waals surface area (Å²) in [6.07, 6.45) is 3.48. The molecule has 1 unspecified atom stereocenters. The first kappa shape index (κ1) is 15.2. The molecule has 1 aliphatic rings. The highest BCUT2D eigenvalue weighted by Gasteiger charge is 2.18. The third kappa shape index (κ3) is 5.66. The first-order valence-corrected chi connectivity index (χ1v) is 6.69. The van der Waals surface area contributed by atoms with Crippen molar-refractivity contribution in [2.75, 3.05) is 40.0 Å². The van der Waals surface area contributed by atoms with E-state index < -0.39 is 0 Å². The maximum absolute atomic E-state index is 5.59. The smallest absolute Gasteiger partial charge is 0.208 e. The molecule has 1 fully saturated rings. The van der Waals surface area contributed by atoms with Crippen molar-refractivity contribution in [3.05, 3.63) is 0 Å². The number of ether oxygens (including phenoxy) is 2. The molecule has 1 heterocycles. The van der Waals surface area contributed by atoms with Gasteiger partial charge in [-0.3, -0.25) is 10.4 Å². The first-order chi connectivity index (χ1) is 8.77. The minimum absolute atomic E-state index is 0.303. The summed E-state index contributed by atoms with van der Waals surface area (Å²) >= 11 is 0. The van der Waals surface area contributed by atoms with Gasteiger partial charge in [-0.05, 0) is 26.2 Å². The van der Waals surface area contributed by atoms with Crippen molar-refractivity contribution >= 4 is 5.96 Å². The van der Waals surface area contributed by atoms with Gasteiger partial charge in [0.05, 0.1) is 6.10 Å². The topological polar surface area (TPSA) is 72.1 Å². The predicted molar refractivity (Wildman–Crippen MR) is 72.3 cm³/mol. The molecule has 1 atom stereocenters. The molecule has 0 spiro atoms. The Labute approximate surface area is 109 Å². The van der Waals surface area contributed by atoms with Crippen LogP contribution in [0.15, 0.2) is 4.99 Å². The summed E-state index contributed by atoms with van der Waals surface area (Å²) in [5, 5.41) is 0. The van der Waals surface area contributed by atoms with Gasteiger partial charge in [-0.2, -0.15) is 0 Å². The molecule has 1 aliphatic heterocycles. The highest BCUT2D eigenvalue weighted by atomic mass is 16.5. The number of hydrazine groups is 1. The van der Waals surface area contributed by atoms with Gasteiger partial charge >= 0.3 is 0 Å². The third-order valence-electron chi connectivity index (χ3n) is 2.90. The van der Waals surface area contributed by atoms with E-state index >= 15 is 0 Å². The summed E-state index contributed by atoms with van der Waals surface area (Å²) in [6.45, 7) is 5.91. The molecule has 18 heavy (non-hydrogen) atoms. The lowest BCUT2D eigenvalue weighted by molar-refractivity contribution is 0.0951. The number of nitrogens with two attached hydrogens (primary N) is 1. The monoisotopic (exact) mass is 258 g/mol. The van der Waals surface area contributed by atoms with Crippen molar-refractivity contribution < 1.29 is 9.47 Å². The van der Waals surface area contributed by atoms with Crippen molar-refractivity contribution in [1.82, 2.24) is 10.3 Å². The second-order valence-electron chi connectivity index (χ2n) is 4.42. The second kappa shape index (κ2) is 9.13. The van der Waals surface area contributed by atoms with Crippen LogP contribution in [0.4, 0.5) is 0 Å². The van der Waals surface area contributed by atoms with E-state index in [4.69, 9.17) is 15.3 Å². The molecule has 0 bridgehead atoms. The zero-order valence-electron chi connectivity index (χ0n) is 11.5. The Bertz CT molecular complexity index is 242. The van der Waals surface area contributed by atoms with Gasteiger partial charge in [-0.25, -0.2) is 5.84 Å². The number of likely N-dealkylation sites (N-methyl/N-ethyl adjacent to an activating group) is 1. The number of hydrogen-bond acceptors (Lipinski definition) is 4. The Hall–Kier alpha value is -0.850. The van der Waals surface area contributed by atoms with Gasteiger partial charge in [0.1, 0.15) is 0 Å². The van der Waals surface area contributed by atoms with E-state index in [1.54, 1.807) is 0 Å². The highest BCUT2D eigenvalue weighted by Crippen LogP contribution is 2.12. The molecule has 106 valence electrons. The fourth-order valence-electron chi connectivity index (χ4n) is 1.95. The summed E-state index contributed by atoms with van der Waals surface area (Å²) in [5.74, 6) is 6.20. The normalized spacial score (nSPS) is 20.2. The summed E-state index contributed by atoms with van der Waals surface area (Å²) in [5.41, 5.74) is 2.65. The van der Waals surface area contributed by atoms with Crippen LogP contribution in [0.1, 0.15) is 26.2 Å². The van der Waals surface area contributed by atoms with Gasteiger partial charge in [0, 0.05) is 40.0 Å². The number of guanidine groups is 1. The van der Waals surface area contributed by atoms with E-state index in [9.17, 15) is 0 Å². The molecular weight excluding hydrogens is 232 g/mol. The molecule has 6 nitrogen and oxygen atoms in total. The van der Waals surface area contributed by atoms with Crippen molar-refractivity contribution in [3.8, 4) is 0 Å². The van der Waals surface area contributed by atoms with E-state index in [1.165, 1.54) is 0 Å². The molecule has 3 N–H and O–H groups in total.